The second-order valence-electron chi connectivity index (χ2n) is 9.16. The second kappa shape index (κ2) is 10.8. The van der Waals surface area contributed by atoms with Crippen molar-refractivity contribution in [2.24, 2.45) is 11.8 Å². The van der Waals surface area contributed by atoms with Crippen LogP contribution < -0.4 is 10.1 Å². The van der Waals surface area contributed by atoms with Crippen molar-refractivity contribution in [3.8, 4) is 11.5 Å². The van der Waals surface area contributed by atoms with E-state index < -0.39 is 23.8 Å². The summed E-state index contributed by atoms with van der Waals surface area (Å²) in [6, 6.07) is 16.7. The van der Waals surface area contributed by atoms with E-state index in [-0.39, 0.29) is 18.3 Å². The number of Topliss-reactive ketones (excluding diaryl/α,β-unsaturated/α-hetero) is 1. The highest BCUT2D eigenvalue weighted by Crippen LogP contribution is 2.46. The summed E-state index contributed by atoms with van der Waals surface area (Å²) in [4.78, 5) is 39.7. The first-order chi connectivity index (χ1) is 17.3. The van der Waals surface area contributed by atoms with E-state index in [2.05, 4.69) is 5.32 Å². The van der Waals surface area contributed by atoms with Gasteiger partial charge in [-0.1, -0.05) is 44.2 Å². The maximum absolute atomic E-state index is 13.8. The highest BCUT2D eigenvalue weighted by Gasteiger charge is 2.47. The van der Waals surface area contributed by atoms with Gasteiger partial charge in [-0.2, -0.15) is 0 Å². The molecule has 0 fully saturated rings. The fourth-order valence-corrected chi connectivity index (χ4v) is 4.94. The lowest BCUT2D eigenvalue weighted by Crippen LogP contribution is -2.43. The first kappa shape index (κ1) is 25.2. The van der Waals surface area contributed by atoms with Gasteiger partial charge in [-0.15, -0.1) is 0 Å². The molecule has 7 nitrogen and oxygen atoms in total. The SMILES string of the molecule is CCCOC(=O)C1=C(C)NC2=C(C(=O)[C@@H](C(=O)OC)[C@H](C)C2)[C@@H]1c1cccc(Oc2ccccc2)c1. The van der Waals surface area contributed by atoms with Gasteiger partial charge in [0.05, 0.1) is 19.3 Å². The van der Waals surface area contributed by atoms with E-state index in [1.165, 1.54) is 7.11 Å². The molecule has 0 unspecified atom stereocenters. The van der Waals surface area contributed by atoms with Crippen molar-refractivity contribution >= 4 is 17.7 Å². The molecular formula is C29H31NO6. The zero-order valence-corrected chi connectivity index (χ0v) is 21.0. The Morgan fingerprint density at radius 1 is 1.06 bits per heavy atom. The Morgan fingerprint density at radius 3 is 2.47 bits per heavy atom. The van der Waals surface area contributed by atoms with Crippen molar-refractivity contribution in [2.75, 3.05) is 13.7 Å². The number of esters is 2. The number of benzene rings is 2. The molecule has 2 aliphatic rings. The third-order valence-electron chi connectivity index (χ3n) is 6.57. The van der Waals surface area contributed by atoms with Crippen molar-refractivity contribution in [1.82, 2.24) is 5.32 Å². The lowest BCUT2D eigenvalue weighted by molar-refractivity contribution is -0.151. The molecule has 0 saturated carbocycles. The smallest absolute Gasteiger partial charge is 0.336 e. The summed E-state index contributed by atoms with van der Waals surface area (Å²) in [5.41, 5.74) is 2.80. The van der Waals surface area contributed by atoms with Crippen molar-refractivity contribution in [2.45, 2.75) is 39.5 Å². The molecule has 0 spiro atoms. The van der Waals surface area contributed by atoms with Gasteiger partial charge in [0, 0.05) is 22.9 Å². The number of ketones is 1. The third-order valence-corrected chi connectivity index (χ3v) is 6.57. The molecule has 2 aromatic carbocycles. The van der Waals surface area contributed by atoms with Crippen LogP contribution in [0.1, 0.15) is 45.1 Å². The van der Waals surface area contributed by atoms with Gasteiger partial charge in [-0.05, 0) is 55.5 Å². The Kier molecular flexibility index (Phi) is 7.58. The van der Waals surface area contributed by atoms with Crippen LogP contribution in [0.3, 0.4) is 0 Å². The largest absolute Gasteiger partial charge is 0.468 e. The second-order valence-corrected chi connectivity index (χ2v) is 9.16. The zero-order chi connectivity index (χ0) is 25.8. The number of hydrogen-bond acceptors (Lipinski definition) is 7. The molecule has 7 heteroatoms. The maximum atomic E-state index is 13.8. The van der Waals surface area contributed by atoms with E-state index in [0.29, 0.717) is 46.7 Å². The van der Waals surface area contributed by atoms with Gasteiger partial charge < -0.3 is 19.5 Å². The average molecular weight is 490 g/mol. The molecule has 0 bridgehead atoms. The number of rotatable bonds is 7. The molecule has 36 heavy (non-hydrogen) atoms. The highest BCUT2D eigenvalue weighted by molar-refractivity contribution is 6.12. The summed E-state index contributed by atoms with van der Waals surface area (Å²) in [7, 11) is 1.28. The highest BCUT2D eigenvalue weighted by atomic mass is 16.5. The quantitative estimate of drug-likeness (QED) is 0.430. The maximum Gasteiger partial charge on any atom is 0.336 e. The van der Waals surface area contributed by atoms with Gasteiger partial charge in [-0.25, -0.2) is 4.79 Å². The number of allylic oxidation sites excluding steroid dienone is 3. The Balaban J connectivity index is 1.82. The minimum absolute atomic E-state index is 0.244. The number of nitrogens with one attached hydrogen (secondary N) is 1. The number of para-hydroxylation sites is 1. The van der Waals surface area contributed by atoms with Crippen molar-refractivity contribution in [3.63, 3.8) is 0 Å². The van der Waals surface area contributed by atoms with Gasteiger partial charge >= 0.3 is 11.9 Å². The molecule has 1 heterocycles. The van der Waals surface area contributed by atoms with Crippen LogP contribution in [0.2, 0.25) is 0 Å². The molecule has 1 aliphatic carbocycles. The summed E-state index contributed by atoms with van der Waals surface area (Å²) in [5.74, 6) is -2.05. The minimum Gasteiger partial charge on any atom is -0.468 e. The van der Waals surface area contributed by atoms with Gasteiger partial charge in [0.1, 0.15) is 17.4 Å². The Morgan fingerprint density at radius 2 is 1.78 bits per heavy atom. The van der Waals surface area contributed by atoms with Crippen LogP contribution in [0.4, 0.5) is 0 Å². The first-order valence-electron chi connectivity index (χ1n) is 12.2. The summed E-state index contributed by atoms with van der Waals surface area (Å²) < 4.78 is 16.5. The van der Waals surface area contributed by atoms with Gasteiger partial charge in [0.15, 0.2) is 5.78 Å². The predicted octanol–water partition coefficient (Wildman–Crippen LogP) is 5.05. The number of dihydropyridines is 1. The Hall–Kier alpha value is -3.87. The van der Waals surface area contributed by atoms with Crippen LogP contribution in [0.15, 0.2) is 77.1 Å². The van der Waals surface area contributed by atoms with Crippen LogP contribution in [0.5, 0.6) is 11.5 Å². The average Bonchev–Trinajstić information content (AvgIpc) is 2.87. The summed E-state index contributed by atoms with van der Waals surface area (Å²) in [6.45, 7) is 5.86. The minimum atomic E-state index is -0.937. The number of hydrogen-bond donors (Lipinski definition) is 1. The first-order valence-corrected chi connectivity index (χ1v) is 12.2. The van der Waals surface area contributed by atoms with Gasteiger partial charge in [0.25, 0.3) is 0 Å². The molecule has 4 rings (SSSR count). The van der Waals surface area contributed by atoms with E-state index in [9.17, 15) is 14.4 Å². The third kappa shape index (κ3) is 4.91. The van der Waals surface area contributed by atoms with Crippen molar-refractivity contribution in [1.29, 1.82) is 0 Å². The lowest BCUT2D eigenvalue weighted by atomic mass is 9.69. The lowest BCUT2D eigenvalue weighted by Gasteiger charge is -2.38. The Labute approximate surface area is 211 Å². The molecule has 2 aromatic rings. The molecule has 188 valence electrons. The van der Waals surface area contributed by atoms with Crippen LogP contribution in [0, 0.1) is 11.8 Å². The number of carbonyl (C=O) groups excluding carboxylic acids is 3. The topological polar surface area (TPSA) is 90.9 Å². The predicted molar refractivity (Wildman–Crippen MR) is 134 cm³/mol. The number of carbonyl (C=O) groups is 3. The van der Waals surface area contributed by atoms with Gasteiger partial charge in [0.2, 0.25) is 0 Å². The van der Waals surface area contributed by atoms with Crippen LogP contribution >= 0.6 is 0 Å². The molecule has 3 atom stereocenters. The fourth-order valence-electron chi connectivity index (χ4n) is 4.94. The van der Waals surface area contributed by atoms with Crippen LogP contribution in [-0.2, 0) is 23.9 Å². The summed E-state index contributed by atoms with van der Waals surface area (Å²) in [6.07, 6.45) is 1.15. The Bertz CT molecular complexity index is 1230. The monoisotopic (exact) mass is 489 g/mol. The van der Waals surface area contributed by atoms with E-state index in [1.54, 1.807) is 0 Å². The van der Waals surface area contributed by atoms with E-state index in [4.69, 9.17) is 14.2 Å². The number of ether oxygens (including phenoxy) is 3. The van der Waals surface area contributed by atoms with E-state index in [1.807, 2.05) is 75.4 Å². The summed E-state index contributed by atoms with van der Waals surface area (Å²) in [5, 5.41) is 3.27. The normalized spacial score (nSPS) is 21.4. The molecule has 1 N–H and O–H groups in total. The molecular weight excluding hydrogens is 458 g/mol. The molecule has 0 amide bonds. The zero-order valence-electron chi connectivity index (χ0n) is 21.0. The number of methoxy groups -OCH3 is 1. The van der Waals surface area contributed by atoms with Crippen LogP contribution in [0.25, 0.3) is 0 Å². The standard InChI is InChI=1S/C29H31NO6/c1-5-14-35-29(33)24-18(3)30-22-15-17(2)23(28(32)34-4)27(31)26(22)25(24)19-10-9-13-21(16-19)36-20-11-7-6-8-12-20/h6-13,16-17,23,25,30H,5,14-15H2,1-4H3/t17-,23+,25-/m1/s1. The van der Waals surface area contributed by atoms with Gasteiger partial charge in [-0.3, -0.25) is 9.59 Å². The molecule has 0 saturated heterocycles. The summed E-state index contributed by atoms with van der Waals surface area (Å²) >= 11 is 0. The van der Waals surface area contributed by atoms with Crippen molar-refractivity contribution < 1.29 is 28.6 Å². The molecule has 1 aliphatic heterocycles. The molecule has 0 aromatic heterocycles. The van der Waals surface area contributed by atoms with E-state index in [0.717, 1.165) is 5.70 Å². The fraction of sp³-hybridized carbons (Fsp3) is 0.345. The van der Waals surface area contributed by atoms with Crippen molar-refractivity contribution in [3.05, 3.63) is 82.7 Å². The molecule has 0 radical (unpaired) electrons. The van der Waals surface area contributed by atoms with E-state index >= 15 is 0 Å². The van der Waals surface area contributed by atoms with Crippen LogP contribution in [-0.4, -0.2) is 31.4 Å².